The van der Waals surface area contributed by atoms with Crippen molar-refractivity contribution < 1.29 is 5.11 Å². The normalized spacial score (nSPS) is 17.9. The third kappa shape index (κ3) is 4.06. The van der Waals surface area contributed by atoms with Crippen molar-refractivity contribution in [2.75, 3.05) is 6.61 Å². The highest BCUT2D eigenvalue weighted by Gasteiger charge is 2.14. The number of aliphatic hydroxyl groups is 1. The van der Waals surface area contributed by atoms with Gasteiger partial charge in [-0.3, -0.25) is 4.68 Å². The number of aromatic nitrogens is 2. The van der Waals surface area contributed by atoms with Crippen molar-refractivity contribution in [3.63, 3.8) is 0 Å². The molecule has 1 fully saturated rings. The zero-order valence-electron chi connectivity index (χ0n) is 13.0. The maximum absolute atomic E-state index is 9.06. The van der Waals surface area contributed by atoms with Crippen LogP contribution in [0.15, 0.2) is 0 Å². The van der Waals surface area contributed by atoms with Crippen molar-refractivity contribution in [3.8, 4) is 0 Å². The van der Waals surface area contributed by atoms with Gasteiger partial charge in [0, 0.05) is 23.8 Å². The van der Waals surface area contributed by atoms with Crippen LogP contribution in [0, 0.1) is 13.8 Å². The van der Waals surface area contributed by atoms with Crippen LogP contribution in [0.4, 0.5) is 0 Å². The SMILES string of the molecule is Cc1nn(CCO)c(C)c1CNC1CCCCCCC1. The molecule has 0 amide bonds. The molecule has 0 unspecified atom stereocenters. The van der Waals surface area contributed by atoms with Crippen molar-refractivity contribution in [3.05, 3.63) is 17.0 Å². The van der Waals surface area contributed by atoms with Crippen LogP contribution in [0.5, 0.6) is 0 Å². The number of nitrogens with zero attached hydrogens (tertiary/aromatic N) is 2. The molecular formula is C16H29N3O. The van der Waals surface area contributed by atoms with Crippen molar-refractivity contribution in [1.29, 1.82) is 0 Å². The molecule has 0 spiro atoms. The molecule has 1 heterocycles. The van der Waals surface area contributed by atoms with Crippen LogP contribution in [-0.2, 0) is 13.1 Å². The Bertz CT molecular complexity index is 406. The van der Waals surface area contributed by atoms with Gasteiger partial charge in [0.1, 0.15) is 0 Å². The van der Waals surface area contributed by atoms with E-state index in [0.29, 0.717) is 12.6 Å². The van der Waals surface area contributed by atoms with E-state index in [1.54, 1.807) is 0 Å². The lowest BCUT2D eigenvalue weighted by Gasteiger charge is -2.21. The number of rotatable bonds is 5. The summed E-state index contributed by atoms with van der Waals surface area (Å²) in [7, 11) is 0. The summed E-state index contributed by atoms with van der Waals surface area (Å²) in [6.45, 7) is 5.82. The second-order valence-electron chi connectivity index (χ2n) is 6.02. The minimum absolute atomic E-state index is 0.150. The third-order valence-electron chi connectivity index (χ3n) is 4.52. The van der Waals surface area contributed by atoms with Gasteiger partial charge in [-0.15, -0.1) is 0 Å². The van der Waals surface area contributed by atoms with Gasteiger partial charge >= 0.3 is 0 Å². The predicted octanol–water partition coefficient (Wildman–Crippen LogP) is 2.69. The van der Waals surface area contributed by atoms with E-state index < -0.39 is 0 Å². The van der Waals surface area contributed by atoms with Gasteiger partial charge < -0.3 is 10.4 Å². The molecule has 0 bridgehead atoms. The number of nitrogens with one attached hydrogen (secondary N) is 1. The Labute approximate surface area is 122 Å². The van der Waals surface area contributed by atoms with E-state index in [-0.39, 0.29) is 6.61 Å². The third-order valence-corrected chi connectivity index (χ3v) is 4.52. The molecule has 2 N–H and O–H groups in total. The molecule has 4 heteroatoms. The van der Waals surface area contributed by atoms with Crippen molar-refractivity contribution in [2.45, 2.75) is 77.9 Å². The second-order valence-corrected chi connectivity index (χ2v) is 6.02. The largest absolute Gasteiger partial charge is 0.394 e. The Hall–Kier alpha value is -0.870. The standard InChI is InChI=1S/C16H29N3O/c1-13-16(14(2)19(18-13)10-11-20)12-17-15-8-6-4-3-5-7-9-15/h15,17,20H,3-12H2,1-2H3. The molecule has 0 radical (unpaired) electrons. The molecule has 1 aromatic heterocycles. The van der Waals surface area contributed by atoms with Gasteiger partial charge in [0.25, 0.3) is 0 Å². The highest BCUT2D eigenvalue weighted by Crippen LogP contribution is 2.19. The highest BCUT2D eigenvalue weighted by molar-refractivity contribution is 5.24. The summed E-state index contributed by atoms with van der Waals surface area (Å²) in [6.07, 6.45) is 9.54. The minimum Gasteiger partial charge on any atom is -0.394 e. The quantitative estimate of drug-likeness (QED) is 0.871. The Balaban J connectivity index is 1.92. The van der Waals surface area contributed by atoms with Crippen LogP contribution in [0.3, 0.4) is 0 Å². The van der Waals surface area contributed by atoms with E-state index in [0.717, 1.165) is 12.2 Å². The van der Waals surface area contributed by atoms with Gasteiger partial charge in [-0.1, -0.05) is 32.1 Å². The fourth-order valence-electron chi connectivity index (χ4n) is 3.21. The molecule has 1 aromatic rings. The molecule has 1 aliphatic carbocycles. The van der Waals surface area contributed by atoms with Gasteiger partial charge in [-0.25, -0.2) is 0 Å². The Morgan fingerprint density at radius 2 is 1.80 bits per heavy atom. The number of hydrogen-bond donors (Lipinski definition) is 2. The lowest BCUT2D eigenvalue weighted by Crippen LogP contribution is -2.29. The average molecular weight is 279 g/mol. The fraction of sp³-hybridized carbons (Fsp3) is 0.812. The van der Waals surface area contributed by atoms with Crippen molar-refractivity contribution >= 4 is 0 Å². The summed E-state index contributed by atoms with van der Waals surface area (Å²) < 4.78 is 1.92. The molecule has 0 aliphatic heterocycles. The first kappa shape index (κ1) is 15.5. The molecule has 20 heavy (non-hydrogen) atoms. The average Bonchev–Trinajstić information content (AvgIpc) is 2.65. The molecule has 114 valence electrons. The number of aliphatic hydroxyl groups excluding tert-OH is 1. The highest BCUT2D eigenvalue weighted by atomic mass is 16.3. The molecule has 0 saturated heterocycles. The van der Waals surface area contributed by atoms with Crippen LogP contribution >= 0.6 is 0 Å². The van der Waals surface area contributed by atoms with E-state index in [1.165, 1.54) is 56.2 Å². The van der Waals surface area contributed by atoms with Gasteiger partial charge in [-0.05, 0) is 26.7 Å². The maximum atomic E-state index is 9.06. The van der Waals surface area contributed by atoms with Crippen molar-refractivity contribution in [1.82, 2.24) is 15.1 Å². The fourth-order valence-corrected chi connectivity index (χ4v) is 3.21. The summed E-state index contributed by atoms with van der Waals surface area (Å²) in [5, 5.41) is 17.3. The van der Waals surface area contributed by atoms with Gasteiger partial charge in [0.15, 0.2) is 0 Å². The van der Waals surface area contributed by atoms with Gasteiger partial charge in [0.2, 0.25) is 0 Å². The van der Waals surface area contributed by atoms with E-state index >= 15 is 0 Å². The van der Waals surface area contributed by atoms with Crippen LogP contribution in [0.1, 0.15) is 61.9 Å². The summed E-state index contributed by atoms with van der Waals surface area (Å²) in [5.74, 6) is 0. The second kappa shape index (κ2) is 7.79. The number of hydrogen-bond acceptors (Lipinski definition) is 3. The molecule has 0 aromatic carbocycles. The molecule has 1 saturated carbocycles. The molecular weight excluding hydrogens is 250 g/mol. The molecule has 1 aliphatic rings. The summed E-state index contributed by atoms with van der Waals surface area (Å²) >= 11 is 0. The first-order valence-electron chi connectivity index (χ1n) is 8.09. The summed E-state index contributed by atoms with van der Waals surface area (Å²) in [5.41, 5.74) is 3.59. The predicted molar refractivity (Wildman–Crippen MR) is 81.7 cm³/mol. The van der Waals surface area contributed by atoms with E-state index in [4.69, 9.17) is 5.11 Å². The Morgan fingerprint density at radius 1 is 1.15 bits per heavy atom. The van der Waals surface area contributed by atoms with E-state index in [9.17, 15) is 0 Å². The zero-order chi connectivity index (χ0) is 14.4. The lowest BCUT2D eigenvalue weighted by atomic mass is 9.96. The van der Waals surface area contributed by atoms with Gasteiger partial charge in [-0.2, -0.15) is 5.10 Å². The van der Waals surface area contributed by atoms with Gasteiger partial charge in [0.05, 0.1) is 18.8 Å². The first-order valence-corrected chi connectivity index (χ1v) is 8.09. The topological polar surface area (TPSA) is 50.1 Å². The Kier molecular flexibility index (Phi) is 6.05. The van der Waals surface area contributed by atoms with E-state index in [1.807, 2.05) is 4.68 Å². The molecule has 4 nitrogen and oxygen atoms in total. The summed E-state index contributed by atoms with van der Waals surface area (Å²) in [4.78, 5) is 0. The van der Waals surface area contributed by atoms with E-state index in [2.05, 4.69) is 24.3 Å². The maximum Gasteiger partial charge on any atom is 0.0644 e. The van der Waals surface area contributed by atoms with Crippen LogP contribution < -0.4 is 5.32 Å². The van der Waals surface area contributed by atoms with Crippen molar-refractivity contribution in [2.24, 2.45) is 0 Å². The lowest BCUT2D eigenvalue weighted by molar-refractivity contribution is 0.267. The van der Waals surface area contributed by atoms with Crippen LogP contribution in [-0.4, -0.2) is 27.5 Å². The monoisotopic (exact) mass is 279 g/mol. The minimum atomic E-state index is 0.150. The van der Waals surface area contributed by atoms with Crippen LogP contribution in [0.2, 0.25) is 0 Å². The first-order chi connectivity index (χ1) is 9.72. The smallest absolute Gasteiger partial charge is 0.0644 e. The number of aryl methyl sites for hydroxylation is 1. The molecule has 0 atom stereocenters. The summed E-state index contributed by atoms with van der Waals surface area (Å²) in [6, 6.07) is 0.662. The molecule has 2 rings (SSSR count). The zero-order valence-corrected chi connectivity index (χ0v) is 13.0. The Morgan fingerprint density at radius 3 is 2.45 bits per heavy atom. The van der Waals surface area contributed by atoms with Crippen LogP contribution in [0.25, 0.3) is 0 Å².